The molecule has 1 aliphatic heterocycles. The average molecular weight is 288 g/mol. The summed E-state index contributed by atoms with van der Waals surface area (Å²) in [4.78, 5) is 0. The van der Waals surface area contributed by atoms with Gasteiger partial charge in [0, 0.05) is 24.1 Å². The minimum Gasteiger partial charge on any atom is -0.508 e. The molecule has 21 heavy (non-hydrogen) atoms. The molecular weight excluding hydrogens is 272 g/mol. The van der Waals surface area contributed by atoms with Crippen molar-refractivity contribution >= 4 is 0 Å². The Morgan fingerprint density at radius 3 is 2.67 bits per heavy atom. The van der Waals surface area contributed by atoms with E-state index in [0.29, 0.717) is 23.5 Å². The van der Waals surface area contributed by atoms with Crippen molar-refractivity contribution in [3.8, 4) is 23.0 Å². The summed E-state index contributed by atoms with van der Waals surface area (Å²) in [7, 11) is 1.51. The van der Waals surface area contributed by atoms with Gasteiger partial charge in [0.1, 0.15) is 35.2 Å². The van der Waals surface area contributed by atoms with Crippen molar-refractivity contribution in [2.75, 3.05) is 13.7 Å². The molecular formula is C16H16O5. The number of aromatic hydroxyl groups is 2. The predicted octanol–water partition coefficient (Wildman–Crippen LogP) is 1.93. The number of rotatable bonds is 2. The van der Waals surface area contributed by atoms with Crippen molar-refractivity contribution in [1.82, 2.24) is 0 Å². The van der Waals surface area contributed by atoms with Crippen LogP contribution in [0.25, 0.3) is 0 Å². The number of methoxy groups -OCH3 is 1. The summed E-state index contributed by atoms with van der Waals surface area (Å²) in [6.07, 6.45) is 0.294. The number of fused-ring (bicyclic) bond motifs is 1. The van der Waals surface area contributed by atoms with E-state index in [1.165, 1.54) is 19.2 Å². The first-order chi connectivity index (χ1) is 10.0. The topological polar surface area (TPSA) is 79.2 Å². The third kappa shape index (κ3) is 2.36. The molecule has 2 aromatic carbocycles. The fourth-order valence-electron chi connectivity index (χ4n) is 2.59. The zero-order valence-corrected chi connectivity index (χ0v) is 11.5. The zero-order chi connectivity index (χ0) is 15.0. The van der Waals surface area contributed by atoms with Crippen molar-refractivity contribution in [2.24, 2.45) is 0 Å². The van der Waals surface area contributed by atoms with Gasteiger partial charge < -0.3 is 24.8 Å². The van der Waals surface area contributed by atoms with Gasteiger partial charge in [0.25, 0.3) is 0 Å². The van der Waals surface area contributed by atoms with Gasteiger partial charge in [-0.2, -0.15) is 0 Å². The number of aliphatic hydroxyl groups is 1. The number of hydrogen-bond acceptors (Lipinski definition) is 5. The molecule has 2 aromatic rings. The molecule has 0 fully saturated rings. The number of phenolic OH excluding ortho intramolecular Hbond substituents is 2. The molecule has 0 amide bonds. The van der Waals surface area contributed by atoms with E-state index in [4.69, 9.17) is 9.47 Å². The number of hydrogen-bond donors (Lipinski definition) is 3. The Kier molecular flexibility index (Phi) is 3.14. The van der Waals surface area contributed by atoms with E-state index in [-0.39, 0.29) is 18.1 Å². The normalized spacial score (nSPS) is 20.5. The Morgan fingerprint density at radius 1 is 1.14 bits per heavy atom. The molecule has 1 aliphatic rings. The van der Waals surface area contributed by atoms with E-state index in [2.05, 4.69) is 0 Å². The van der Waals surface area contributed by atoms with Crippen LogP contribution >= 0.6 is 0 Å². The van der Waals surface area contributed by atoms with Gasteiger partial charge in [-0.3, -0.25) is 0 Å². The van der Waals surface area contributed by atoms with Gasteiger partial charge >= 0.3 is 0 Å². The van der Waals surface area contributed by atoms with Crippen LogP contribution in [-0.2, 0) is 12.0 Å². The molecule has 5 heteroatoms. The van der Waals surface area contributed by atoms with Gasteiger partial charge in [0.05, 0.1) is 7.11 Å². The molecule has 0 aliphatic carbocycles. The van der Waals surface area contributed by atoms with Gasteiger partial charge in [0.15, 0.2) is 0 Å². The first kappa shape index (κ1) is 13.6. The lowest BCUT2D eigenvalue weighted by molar-refractivity contribution is -0.0233. The highest BCUT2D eigenvalue weighted by atomic mass is 16.5. The van der Waals surface area contributed by atoms with Gasteiger partial charge in [-0.25, -0.2) is 0 Å². The molecule has 3 rings (SSSR count). The van der Waals surface area contributed by atoms with Gasteiger partial charge in [-0.15, -0.1) is 0 Å². The smallest absolute Gasteiger partial charge is 0.131 e. The molecule has 3 N–H and O–H groups in total. The summed E-state index contributed by atoms with van der Waals surface area (Å²) < 4.78 is 10.6. The molecule has 5 nitrogen and oxygen atoms in total. The number of phenols is 2. The van der Waals surface area contributed by atoms with E-state index in [1.807, 2.05) is 0 Å². The first-order valence-corrected chi connectivity index (χ1v) is 6.56. The Bertz CT molecular complexity index is 682. The van der Waals surface area contributed by atoms with E-state index < -0.39 is 5.60 Å². The van der Waals surface area contributed by atoms with Crippen molar-refractivity contribution in [1.29, 1.82) is 0 Å². The third-order valence-electron chi connectivity index (χ3n) is 3.71. The van der Waals surface area contributed by atoms with Crippen LogP contribution in [0.4, 0.5) is 0 Å². The Balaban J connectivity index is 1.97. The van der Waals surface area contributed by atoms with Crippen LogP contribution in [0.1, 0.15) is 11.1 Å². The summed E-state index contributed by atoms with van der Waals surface area (Å²) in [6.45, 7) is 0.00332. The highest BCUT2D eigenvalue weighted by Crippen LogP contribution is 2.40. The lowest BCUT2D eigenvalue weighted by atomic mass is 9.85. The van der Waals surface area contributed by atoms with Crippen LogP contribution < -0.4 is 9.47 Å². The predicted molar refractivity (Wildman–Crippen MR) is 75.9 cm³/mol. The van der Waals surface area contributed by atoms with E-state index in [0.717, 1.165) is 5.56 Å². The molecule has 110 valence electrons. The van der Waals surface area contributed by atoms with Crippen LogP contribution in [0.5, 0.6) is 23.0 Å². The van der Waals surface area contributed by atoms with E-state index >= 15 is 0 Å². The van der Waals surface area contributed by atoms with Gasteiger partial charge in [-0.1, -0.05) is 6.07 Å². The standard InChI is InChI=1S/C16H16O5/c1-20-12-4-5-13(14(18)7-12)16(19)8-10-2-3-11(17)6-15(10)21-9-16/h2-7,17-19H,8-9H2,1H3/t16-/m0/s1. The summed E-state index contributed by atoms with van der Waals surface area (Å²) in [6, 6.07) is 9.53. The third-order valence-corrected chi connectivity index (χ3v) is 3.71. The SMILES string of the molecule is COc1ccc([C@@]2(O)COc3cc(O)ccc3C2)c(O)c1. The number of benzene rings is 2. The molecule has 0 bridgehead atoms. The van der Waals surface area contributed by atoms with Gasteiger partial charge in [-0.05, 0) is 23.8 Å². The summed E-state index contributed by atoms with van der Waals surface area (Å²) in [5, 5.41) is 30.4. The van der Waals surface area contributed by atoms with Crippen molar-refractivity contribution in [2.45, 2.75) is 12.0 Å². The number of ether oxygens (including phenoxy) is 2. The largest absolute Gasteiger partial charge is 0.508 e. The lowest BCUT2D eigenvalue weighted by Gasteiger charge is -2.34. The van der Waals surface area contributed by atoms with Crippen molar-refractivity contribution in [3.05, 3.63) is 47.5 Å². The maximum Gasteiger partial charge on any atom is 0.131 e. The molecule has 0 radical (unpaired) electrons. The molecule has 1 atom stereocenters. The van der Waals surface area contributed by atoms with E-state index in [9.17, 15) is 15.3 Å². The Labute approximate surface area is 122 Å². The van der Waals surface area contributed by atoms with Gasteiger partial charge in [0.2, 0.25) is 0 Å². The summed E-state index contributed by atoms with van der Waals surface area (Å²) in [5.74, 6) is 1.14. The zero-order valence-electron chi connectivity index (χ0n) is 11.5. The van der Waals surface area contributed by atoms with Crippen LogP contribution in [0, 0.1) is 0 Å². The fourth-order valence-corrected chi connectivity index (χ4v) is 2.59. The minimum absolute atomic E-state index is 0.00332. The summed E-state index contributed by atoms with van der Waals surface area (Å²) in [5.41, 5.74) is -0.154. The second-order valence-electron chi connectivity index (χ2n) is 5.17. The summed E-state index contributed by atoms with van der Waals surface area (Å²) >= 11 is 0. The maximum atomic E-state index is 10.8. The Hall–Kier alpha value is -2.40. The van der Waals surface area contributed by atoms with Crippen LogP contribution in [0.2, 0.25) is 0 Å². The quantitative estimate of drug-likeness (QED) is 0.787. The molecule has 0 saturated heterocycles. The highest BCUT2D eigenvalue weighted by molar-refractivity contribution is 5.48. The first-order valence-electron chi connectivity index (χ1n) is 6.56. The second kappa shape index (κ2) is 4.86. The van der Waals surface area contributed by atoms with Crippen molar-refractivity contribution < 1.29 is 24.8 Å². The van der Waals surface area contributed by atoms with Crippen LogP contribution in [0.15, 0.2) is 36.4 Å². The molecule has 0 spiro atoms. The monoisotopic (exact) mass is 288 g/mol. The van der Waals surface area contributed by atoms with Crippen LogP contribution in [-0.4, -0.2) is 29.0 Å². The molecule has 0 unspecified atom stereocenters. The molecule has 1 heterocycles. The van der Waals surface area contributed by atoms with Crippen molar-refractivity contribution in [3.63, 3.8) is 0 Å². The molecule has 0 saturated carbocycles. The minimum atomic E-state index is -1.32. The average Bonchev–Trinajstić information content (AvgIpc) is 2.47. The Morgan fingerprint density at radius 2 is 1.95 bits per heavy atom. The lowest BCUT2D eigenvalue weighted by Crippen LogP contribution is -2.38. The highest BCUT2D eigenvalue weighted by Gasteiger charge is 2.37. The van der Waals surface area contributed by atoms with E-state index in [1.54, 1.807) is 24.3 Å². The maximum absolute atomic E-state index is 10.8. The second-order valence-corrected chi connectivity index (χ2v) is 5.17. The molecule has 0 aromatic heterocycles. The van der Waals surface area contributed by atoms with Crippen LogP contribution in [0.3, 0.4) is 0 Å². The fraction of sp³-hybridized carbons (Fsp3) is 0.250.